The lowest BCUT2D eigenvalue weighted by molar-refractivity contribution is 0.662. The molecule has 0 fully saturated rings. The molecule has 1 radical (unpaired) electrons. The SMILES string of the molecule is ClCC(CCl)Cc1cc[c]cc1. The maximum atomic E-state index is 5.73. The van der Waals surface area contributed by atoms with Crippen molar-refractivity contribution in [3.8, 4) is 0 Å². The zero-order valence-electron chi connectivity index (χ0n) is 6.76. The van der Waals surface area contributed by atoms with Crippen LogP contribution in [0.25, 0.3) is 0 Å². The number of alkyl halides is 2. The topological polar surface area (TPSA) is 0 Å². The van der Waals surface area contributed by atoms with Gasteiger partial charge in [0.25, 0.3) is 0 Å². The van der Waals surface area contributed by atoms with Crippen molar-refractivity contribution in [3.63, 3.8) is 0 Å². The molecule has 0 unspecified atom stereocenters. The second-order valence-electron chi connectivity index (χ2n) is 2.79. The van der Waals surface area contributed by atoms with Gasteiger partial charge in [-0.15, -0.1) is 23.2 Å². The third-order valence-electron chi connectivity index (χ3n) is 1.75. The molecule has 1 aromatic carbocycles. The van der Waals surface area contributed by atoms with Gasteiger partial charge in [0.05, 0.1) is 0 Å². The average Bonchev–Trinajstić information content (AvgIpc) is 2.16. The zero-order chi connectivity index (χ0) is 8.81. The monoisotopic (exact) mass is 201 g/mol. The Balaban J connectivity index is 2.51. The summed E-state index contributed by atoms with van der Waals surface area (Å²) in [7, 11) is 0. The molecule has 0 bridgehead atoms. The molecule has 0 saturated carbocycles. The van der Waals surface area contributed by atoms with Crippen LogP contribution >= 0.6 is 23.2 Å². The molecule has 0 saturated heterocycles. The summed E-state index contributed by atoms with van der Waals surface area (Å²) < 4.78 is 0. The third-order valence-corrected chi connectivity index (χ3v) is 2.62. The molecule has 0 aliphatic heterocycles. The Morgan fingerprint density at radius 2 is 1.75 bits per heavy atom. The Kier molecular flexibility index (Phi) is 4.49. The summed E-state index contributed by atoms with van der Waals surface area (Å²) in [6, 6.07) is 10.9. The van der Waals surface area contributed by atoms with Gasteiger partial charge >= 0.3 is 0 Å². The second kappa shape index (κ2) is 5.45. The van der Waals surface area contributed by atoms with Gasteiger partial charge in [0.15, 0.2) is 0 Å². The molecule has 0 aliphatic carbocycles. The van der Waals surface area contributed by atoms with E-state index in [1.165, 1.54) is 5.56 Å². The molecule has 65 valence electrons. The molecule has 0 N–H and O–H groups in total. The van der Waals surface area contributed by atoms with Gasteiger partial charge < -0.3 is 0 Å². The van der Waals surface area contributed by atoms with E-state index < -0.39 is 0 Å². The minimum atomic E-state index is 0.385. The van der Waals surface area contributed by atoms with Crippen LogP contribution in [-0.2, 0) is 6.42 Å². The Morgan fingerprint density at radius 1 is 1.17 bits per heavy atom. The highest BCUT2D eigenvalue weighted by atomic mass is 35.5. The van der Waals surface area contributed by atoms with Gasteiger partial charge in [-0.1, -0.05) is 24.3 Å². The van der Waals surface area contributed by atoms with Crippen molar-refractivity contribution >= 4 is 23.2 Å². The molecular weight excluding hydrogens is 191 g/mol. The largest absolute Gasteiger partial charge is 0.126 e. The van der Waals surface area contributed by atoms with E-state index in [0.29, 0.717) is 17.7 Å². The Bertz CT molecular complexity index is 204. The first-order valence-corrected chi connectivity index (χ1v) is 5.00. The van der Waals surface area contributed by atoms with Crippen molar-refractivity contribution in [1.82, 2.24) is 0 Å². The number of benzene rings is 1. The summed E-state index contributed by atoms with van der Waals surface area (Å²) in [6.45, 7) is 0. The maximum absolute atomic E-state index is 5.73. The molecule has 1 aromatic rings. The lowest BCUT2D eigenvalue weighted by atomic mass is 10.0. The van der Waals surface area contributed by atoms with Crippen LogP contribution in [0.15, 0.2) is 24.3 Å². The summed E-state index contributed by atoms with van der Waals surface area (Å²) in [5.74, 6) is 1.64. The normalized spacial score (nSPS) is 10.6. The lowest BCUT2D eigenvalue weighted by Gasteiger charge is -2.08. The molecule has 2 heteroatoms. The molecule has 0 heterocycles. The Morgan fingerprint density at radius 3 is 2.25 bits per heavy atom. The van der Waals surface area contributed by atoms with Crippen molar-refractivity contribution < 1.29 is 0 Å². The minimum absolute atomic E-state index is 0.385. The molecule has 0 atom stereocenters. The lowest BCUT2D eigenvalue weighted by Crippen LogP contribution is -2.07. The smallest absolute Gasteiger partial charge is 0.0266 e. The van der Waals surface area contributed by atoms with Gasteiger partial charge in [0, 0.05) is 11.8 Å². The van der Waals surface area contributed by atoms with Crippen LogP contribution in [0.4, 0.5) is 0 Å². The number of rotatable bonds is 4. The summed E-state index contributed by atoms with van der Waals surface area (Å²) in [5, 5.41) is 0. The van der Waals surface area contributed by atoms with Gasteiger partial charge in [-0.05, 0) is 24.0 Å². The molecule has 0 nitrogen and oxygen atoms in total. The summed E-state index contributed by atoms with van der Waals surface area (Å²) in [4.78, 5) is 0. The van der Waals surface area contributed by atoms with Gasteiger partial charge in [-0.25, -0.2) is 0 Å². The van der Waals surface area contributed by atoms with E-state index in [-0.39, 0.29) is 0 Å². The molecule has 0 amide bonds. The van der Waals surface area contributed by atoms with Crippen LogP contribution in [-0.4, -0.2) is 11.8 Å². The summed E-state index contributed by atoms with van der Waals surface area (Å²) >= 11 is 11.5. The fourth-order valence-electron chi connectivity index (χ4n) is 1.04. The zero-order valence-corrected chi connectivity index (χ0v) is 8.28. The quantitative estimate of drug-likeness (QED) is 0.658. The highest BCUT2D eigenvalue weighted by molar-refractivity contribution is 6.20. The standard InChI is InChI=1S/C10H11Cl2/c11-7-10(8-12)6-9-4-2-1-3-5-9/h2-5,10H,6-8H2. The number of hydrogen-bond donors (Lipinski definition) is 0. The molecule has 12 heavy (non-hydrogen) atoms. The first-order chi connectivity index (χ1) is 5.86. The van der Waals surface area contributed by atoms with Gasteiger partial charge in [0.1, 0.15) is 0 Å². The van der Waals surface area contributed by atoms with E-state index in [1.54, 1.807) is 0 Å². The fourth-order valence-corrected chi connectivity index (χ4v) is 1.59. The average molecular weight is 202 g/mol. The van der Waals surface area contributed by atoms with E-state index >= 15 is 0 Å². The van der Waals surface area contributed by atoms with Crippen LogP contribution in [0.2, 0.25) is 0 Å². The van der Waals surface area contributed by atoms with Crippen LogP contribution < -0.4 is 0 Å². The highest BCUT2D eigenvalue weighted by Gasteiger charge is 2.05. The van der Waals surface area contributed by atoms with Crippen molar-refractivity contribution in [2.75, 3.05) is 11.8 Å². The third kappa shape index (κ3) is 3.04. The molecule has 0 aliphatic rings. The van der Waals surface area contributed by atoms with Gasteiger partial charge in [0.2, 0.25) is 0 Å². The van der Waals surface area contributed by atoms with Crippen molar-refractivity contribution in [1.29, 1.82) is 0 Å². The predicted octanol–water partition coefficient (Wildman–Crippen LogP) is 3.12. The van der Waals surface area contributed by atoms with Crippen molar-refractivity contribution in [2.45, 2.75) is 6.42 Å². The van der Waals surface area contributed by atoms with Gasteiger partial charge in [-0.3, -0.25) is 0 Å². The first-order valence-electron chi connectivity index (χ1n) is 3.93. The second-order valence-corrected chi connectivity index (χ2v) is 3.40. The van der Waals surface area contributed by atoms with Crippen LogP contribution in [0, 0.1) is 12.0 Å². The summed E-state index contributed by atoms with van der Waals surface area (Å²) in [5.41, 5.74) is 1.28. The van der Waals surface area contributed by atoms with E-state index in [4.69, 9.17) is 23.2 Å². The minimum Gasteiger partial charge on any atom is -0.126 e. The van der Waals surface area contributed by atoms with Crippen LogP contribution in [0.3, 0.4) is 0 Å². The molecular formula is C10H11Cl2. The molecule has 0 spiro atoms. The van der Waals surface area contributed by atoms with Gasteiger partial charge in [-0.2, -0.15) is 0 Å². The van der Waals surface area contributed by atoms with E-state index in [2.05, 4.69) is 6.07 Å². The predicted molar refractivity (Wildman–Crippen MR) is 53.9 cm³/mol. The van der Waals surface area contributed by atoms with Crippen molar-refractivity contribution in [3.05, 3.63) is 35.9 Å². The number of hydrogen-bond acceptors (Lipinski definition) is 0. The maximum Gasteiger partial charge on any atom is 0.0266 e. The van der Waals surface area contributed by atoms with Crippen LogP contribution in [0.5, 0.6) is 0 Å². The fraction of sp³-hybridized carbons (Fsp3) is 0.400. The van der Waals surface area contributed by atoms with Crippen LogP contribution in [0.1, 0.15) is 5.56 Å². The first kappa shape index (κ1) is 9.88. The van der Waals surface area contributed by atoms with E-state index in [1.807, 2.05) is 24.3 Å². The number of halogens is 2. The van der Waals surface area contributed by atoms with E-state index in [9.17, 15) is 0 Å². The Labute approximate surface area is 83.5 Å². The van der Waals surface area contributed by atoms with Crippen molar-refractivity contribution in [2.24, 2.45) is 5.92 Å². The molecule has 1 rings (SSSR count). The van der Waals surface area contributed by atoms with E-state index in [0.717, 1.165) is 6.42 Å². The Hall–Kier alpha value is -0.200. The molecule has 0 aromatic heterocycles. The highest BCUT2D eigenvalue weighted by Crippen LogP contribution is 2.11. The summed E-state index contributed by atoms with van der Waals surface area (Å²) in [6.07, 6.45) is 0.960.